The van der Waals surface area contributed by atoms with Gasteiger partial charge < -0.3 is 5.32 Å². The molecular weight excluding hydrogens is 180 g/mol. The smallest absolute Gasteiger partial charge is 0.170 e. The van der Waals surface area contributed by atoms with Crippen molar-refractivity contribution in [1.29, 1.82) is 0 Å². The van der Waals surface area contributed by atoms with E-state index in [1.165, 1.54) is 12.8 Å². The highest BCUT2D eigenvalue weighted by Crippen LogP contribution is 2.04. The summed E-state index contributed by atoms with van der Waals surface area (Å²) < 4.78 is 1.66. The van der Waals surface area contributed by atoms with Gasteiger partial charge in [-0.05, 0) is 23.3 Å². The van der Waals surface area contributed by atoms with E-state index < -0.39 is 0 Å². The Balaban J connectivity index is 1.88. The molecule has 0 fully saturated rings. The molecule has 2 heterocycles. The van der Waals surface area contributed by atoms with Crippen molar-refractivity contribution >= 4 is 5.84 Å². The van der Waals surface area contributed by atoms with Gasteiger partial charge in [-0.1, -0.05) is 0 Å². The second kappa shape index (κ2) is 4.17. The Morgan fingerprint density at radius 1 is 1.43 bits per heavy atom. The first-order valence-corrected chi connectivity index (χ1v) is 4.84. The van der Waals surface area contributed by atoms with E-state index in [4.69, 9.17) is 0 Å². The maximum absolute atomic E-state index is 4.39. The van der Waals surface area contributed by atoms with Crippen molar-refractivity contribution in [2.75, 3.05) is 6.54 Å². The lowest BCUT2D eigenvalue weighted by Crippen LogP contribution is -2.26. The monoisotopic (exact) mass is 194 g/mol. The quantitative estimate of drug-likeness (QED) is 0.712. The maximum Gasteiger partial charge on any atom is 0.170 e. The van der Waals surface area contributed by atoms with Crippen LogP contribution in [0.2, 0.25) is 0 Å². The molecule has 1 aromatic rings. The van der Waals surface area contributed by atoms with Crippen molar-refractivity contribution in [3.63, 3.8) is 0 Å². The van der Waals surface area contributed by atoms with Gasteiger partial charge in [-0.3, -0.25) is 4.99 Å². The summed E-state index contributed by atoms with van der Waals surface area (Å²) in [6.45, 7) is 1.60. The Bertz CT molecular complexity index is 328. The molecule has 1 aliphatic heterocycles. The molecule has 1 aliphatic rings. The van der Waals surface area contributed by atoms with Gasteiger partial charge in [-0.15, -0.1) is 5.10 Å². The van der Waals surface area contributed by atoms with Crippen LogP contribution in [-0.4, -0.2) is 32.6 Å². The van der Waals surface area contributed by atoms with Gasteiger partial charge in [0.05, 0.1) is 12.4 Å². The van der Waals surface area contributed by atoms with Crippen molar-refractivity contribution in [3.05, 3.63) is 5.82 Å². The SMILES string of the molecule is Cn1nnnc1CNC1=NCCCC1. The molecule has 0 unspecified atom stereocenters. The molecule has 0 amide bonds. The van der Waals surface area contributed by atoms with Gasteiger partial charge in [-0.2, -0.15) is 0 Å². The van der Waals surface area contributed by atoms with Crippen molar-refractivity contribution in [2.24, 2.45) is 12.0 Å². The topological polar surface area (TPSA) is 68.0 Å². The van der Waals surface area contributed by atoms with E-state index in [9.17, 15) is 0 Å². The van der Waals surface area contributed by atoms with E-state index in [0.717, 1.165) is 24.6 Å². The van der Waals surface area contributed by atoms with Gasteiger partial charge in [0.25, 0.3) is 0 Å². The average molecular weight is 194 g/mol. The van der Waals surface area contributed by atoms with Crippen LogP contribution in [0.4, 0.5) is 0 Å². The predicted octanol–water partition coefficient (Wildman–Crippen LogP) is -0.118. The van der Waals surface area contributed by atoms with Crippen molar-refractivity contribution in [2.45, 2.75) is 25.8 Å². The minimum atomic E-state index is 0.655. The lowest BCUT2D eigenvalue weighted by Gasteiger charge is -2.12. The molecule has 1 N–H and O–H groups in total. The third kappa shape index (κ3) is 2.07. The summed E-state index contributed by atoms with van der Waals surface area (Å²) in [7, 11) is 1.83. The molecule has 0 saturated carbocycles. The van der Waals surface area contributed by atoms with Crippen LogP contribution in [0.1, 0.15) is 25.1 Å². The number of hydrogen-bond donors (Lipinski definition) is 1. The lowest BCUT2D eigenvalue weighted by molar-refractivity contribution is 0.651. The second-order valence-corrected chi connectivity index (χ2v) is 3.36. The summed E-state index contributed by atoms with van der Waals surface area (Å²) in [5, 5.41) is 14.5. The Labute approximate surface area is 82.4 Å². The van der Waals surface area contributed by atoms with Crippen LogP contribution < -0.4 is 5.32 Å². The number of tetrazole rings is 1. The molecule has 1 aromatic heterocycles. The lowest BCUT2D eigenvalue weighted by atomic mass is 10.2. The van der Waals surface area contributed by atoms with Gasteiger partial charge in [0, 0.05) is 20.0 Å². The van der Waals surface area contributed by atoms with Gasteiger partial charge in [0.1, 0.15) is 0 Å². The molecular formula is C8H14N6. The summed E-state index contributed by atoms with van der Waals surface area (Å²) in [5.74, 6) is 1.91. The van der Waals surface area contributed by atoms with Crippen LogP contribution in [-0.2, 0) is 13.6 Å². The van der Waals surface area contributed by atoms with Crippen LogP contribution >= 0.6 is 0 Å². The normalized spacial score (nSPS) is 16.5. The van der Waals surface area contributed by atoms with E-state index in [-0.39, 0.29) is 0 Å². The summed E-state index contributed by atoms with van der Waals surface area (Å²) in [6.07, 6.45) is 3.48. The minimum absolute atomic E-state index is 0.655. The molecule has 0 radical (unpaired) electrons. The summed E-state index contributed by atoms with van der Waals surface area (Å²) in [5.41, 5.74) is 0. The maximum atomic E-state index is 4.39. The van der Waals surface area contributed by atoms with Crippen LogP contribution in [0.25, 0.3) is 0 Å². The fourth-order valence-corrected chi connectivity index (χ4v) is 1.42. The van der Waals surface area contributed by atoms with Gasteiger partial charge in [0.2, 0.25) is 0 Å². The fourth-order valence-electron chi connectivity index (χ4n) is 1.42. The number of hydrogen-bond acceptors (Lipinski definition) is 5. The molecule has 0 aromatic carbocycles. The molecule has 2 rings (SSSR count). The van der Waals surface area contributed by atoms with E-state index in [1.54, 1.807) is 4.68 Å². The fraction of sp³-hybridized carbons (Fsp3) is 0.750. The first-order valence-electron chi connectivity index (χ1n) is 4.84. The molecule has 14 heavy (non-hydrogen) atoms. The van der Waals surface area contributed by atoms with Gasteiger partial charge in [-0.25, -0.2) is 4.68 Å². The molecule has 76 valence electrons. The molecule has 6 heteroatoms. The highest BCUT2D eigenvalue weighted by Gasteiger charge is 2.06. The number of nitrogens with one attached hydrogen (secondary N) is 1. The third-order valence-corrected chi connectivity index (χ3v) is 2.28. The molecule has 0 saturated heterocycles. The van der Waals surface area contributed by atoms with Gasteiger partial charge >= 0.3 is 0 Å². The Morgan fingerprint density at radius 3 is 3.00 bits per heavy atom. The van der Waals surface area contributed by atoms with E-state index in [1.807, 2.05) is 7.05 Å². The number of rotatable bonds is 2. The molecule has 0 spiro atoms. The van der Waals surface area contributed by atoms with Crippen molar-refractivity contribution in [3.8, 4) is 0 Å². The van der Waals surface area contributed by atoms with Crippen molar-refractivity contribution < 1.29 is 0 Å². The van der Waals surface area contributed by atoms with E-state index in [0.29, 0.717) is 6.54 Å². The van der Waals surface area contributed by atoms with E-state index >= 15 is 0 Å². The third-order valence-electron chi connectivity index (χ3n) is 2.28. The first-order chi connectivity index (χ1) is 6.86. The molecule has 0 atom stereocenters. The standard InChI is InChI=1S/C8H14N6/c1-14-8(11-12-13-14)6-10-7-4-2-3-5-9-7/h2-6H2,1H3,(H,9,10). The first kappa shape index (κ1) is 9.11. The van der Waals surface area contributed by atoms with Crippen molar-refractivity contribution in [1.82, 2.24) is 25.5 Å². The summed E-state index contributed by atoms with van der Waals surface area (Å²) in [6, 6.07) is 0. The Hall–Kier alpha value is -1.46. The molecule has 6 nitrogen and oxygen atoms in total. The highest BCUT2D eigenvalue weighted by molar-refractivity contribution is 5.82. The minimum Gasteiger partial charge on any atom is -0.366 e. The van der Waals surface area contributed by atoms with Crippen LogP contribution in [0, 0.1) is 0 Å². The second-order valence-electron chi connectivity index (χ2n) is 3.36. The zero-order valence-electron chi connectivity index (χ0n) is 8.27. The number of amidine groups is 1. The zero-order valence-corrected chi connectivity index (χ0v) is 8.27. The number of aryl methyl sites for hydroxylation is 1. The molecule has 0 aliphatic carbocycles. The van der Waals surface area contributed by atoms with E-state index in [2.05, 4.69) is 25.8 Å². The Kier molecular flexibility index (Phi) is 2.71. The zero-order chi connectivity index (χ0) is 9.80. The highest BCUT2D eigenvalue weighted by atomic mass is 15.5. The van der Waals surface area contributed by atoms with Gasteiger partial charge in [0.15, 0.2) is 5.82 Å². The Morgan fingerprint density at radius 2 is 2.36 bits per heavy atom. The predicted molar refractivity (Wildman–Crippen MR) is 51.8 cm³/mol. The van der Waals surface area contributed by atoms with Crippen LogP contribution in [0.3, 0.4) is 0 Å². The number of aliphatic imine (C=N–C) groups is 1. The average Bonchev–Trinajstić information content (AvgIpc) is 2.63. The summed E-state index contributed by atoms with van der Waals surface area (Å²) >= 11 is 0. The van der Waals surface area contributed by atoms with Crippen LogP contribution in [0.15, 0.2) is 4.99 Å². The number of aromatic nitrogens is 4. The summed E-state index contributed by atoms with van der Waals surface area (Å²) in [4.78, 5) is 4.39. The molecule has 0 bridgehead atoms. The largest absolute Gasteiger partial charge is 0.366 e. The number of nitrogens with zero attached hydrogens (tertiary/aromatic N) is 5. The van der Waals surface area contributed by atoms with Crippen LogP contribution in [0.5, 0.6) is 0 Å².